The molecule has 1 aromatic rings. The van der Waals surface area contributed by atoms with E-state index in [0.29, 0.717) is 0 Å². The second kappa shape index (κ2) is 4.34. The van der Waals surface area contributed by atoms with Gasteiger partial charge in [-0.2, -0.15) is 0 Å². The third-order valence-electron chi connectivity index (χ3n) is 2.04. The van der Waals surface area contributed by atoms with Crippen LogP contribution in [-0.4, -0.2) is 5.11 Å². The van der Waals surface area contributed by atoms with E-state index in [2.05, 4.69) is 11.8 Å². The Balaban J connectivity index is 2.23. The summed E-state index contributed by atoms with van der Waals surface area (Å²) in [4.78, 5) is 0. The highest BCUT2D eigenvalue weighted by molar-refractivity contribution is 5.48. The van der Waals surface area contributed by atoms with Crippen LogP contribution >= 0.6 is 0 Å². The van der Waals surface area contributed by atoms with E-state index in [-0.39, 0.29) is 5.76 Å². The van der Waals surface area contributed by atoms with E-state index in [4.69, 9.17) is 0 Å². The van der Waals surface area contributed by atoms with Crippen molar-refractivity contribution in [3.8, 4) is 11.8 Å². The fourth-order valence-corrected chi connectivity index (χ4v) is 1.26. The zero-order valence-electron chi connectivity index (χ0n) is 8.14. The highest BCUT2D eigenvalue weighted by Gasteiger charge is 1.97. The summed E-state index contributed by atoms with van der Waals surface area (Å²) in [6.07, 6.45) is 7.40. The number of hydrogen-bond donors (Lipinski definition) is 1. The Bertz CT molecular complexity index is 479. The summed E-state index contributed by atoms with van der Waals surface area (Å²) in [5, 5.41) is 9.61. The number of hydrogen-bond acceptors (Lipinski definition) is 1. The van der Waals surface area contributed by atoms with E-state index in [9.17, 15) is 5.11 Å². The second-order valence-corrected chi connectivity index (χ2v) is 3.14. The molecule has 0 bridgehead atoms. The molecule has 0 heterocycles. The molecule has 1 aliphatic rings. The van der Waals surface area contributed by atoms with E-state index in [1.807, 2.05) is 54.6 Å². The number of aliphatic hydroxyl groups excluding tert-OH is 1. The molecule has 0 saturated carbocycles. The van der Waals surface area contributed by atoms with Crippen molar-refractivity contribution >= 4 is 0 Å². The van der Waals surface area contributed by atoms with Crippen molar-refractivity contribution < 1.29 is 5.11 Å². The summed E-state index contributed by atoms with van der Waals surface area (Å²) in [6.45, 7) is 0. The average molecular weight is 194 g/mol. The van der Waals surface area contributed by atoms with Crippen LogP contribution in [0.2, 0.25) is 0 Å². The Morgan fingerprint density at radius 2 is 1.67 bits per heavy atom. The van der Waals surface area contributed by atoms with E-state index in [1.54, 1.807) is 0 Å². The maximum Gasteiger partial charge on any atom is 0.174 e. The number of benzene rings is 1. The molecule has 1 N–H and O–H groups in total. The second-order valence-electron chi connectivity index (χ2n) is 3.14. The smallest absolute Gasteiger partial charge is 0.174 e. The Hall–Kier alpha value is -2.20. The highest BCUT2D eigenvalue weighted by Crippen LogP contribution is 2.10. The van der Waals surface area contributed by atoms with Gasteiger partial charge in [0.15, 0.2) is 5.76 Å². The molecule has 0 atom stereocenters. The third kappa shape index (κ3) is 2.38. The lowest BCUT2D eigenvalue weighted by Crippen LogP contribution is -1.81. The maximum absolute atomic E-state index is 9.61. The van der Waals surface area contributed by atoms with Gasteiger partial charge in [-0.15, -0.1) is 0 Å². The van der Waals surface area contributed by atoms with Gasteiger partial charge in [0.05, 0.1) is 0 Å². The van der Waals surface area contributed by atoms with Crippen LogP contribution < -0.4 is 0 Å². The van der Waals surface area contributed by atoms with E-state index in [0.717, 1.165) is 11.1 Å². The van der Waals surface area contributed by atoms with Crippen LogP contribution in [-0.2, 0) is 0 Å². The van der Waals surface area contributed by atoms with Crippen molar-refractivity contribution in [2.24, 2.45) is 0 Å². The molecule has 1 aromatic carbocycles. The monoisotopic (exact) mass is 194 g/mol. The van der Waals surface area contributed by atoms with Gasteiger partial charge < -0.3 is 5.11 Å². The Kier molecular flexibility index (Phi) is 2.71. The summed E-state index contributed by atoms with van der Waals surface area (Å²) < 4.78 is 0. The van der Waals surface area contributed by atoms with Crippen LogP contribution in [0.5, 0.6) is 0 Å². The van der Waals surface area contributed by atoms with Gasteiger partial charge in [-0.25, -0.2) is 0 Å². The van der Waals surface area contributed by atoms with Crippen LogP contribution in [0.25, 0.3) is 0 Å². The molecule has 0 amide bonds. The van der Waals surface area contributed by atoms with E-state index in [1.165, 1.54) is 0 Å². The number of rotatable bonds is 0. The van der Waals surface area contributed by atoms with Crippen molar-refractivity contribution in [1.82, 2.24) is 0 Å². The first-order chi connectivity index (χ1) is 7.36. The van der Waals surface area contributed by atoms with Crippen molar-refractivity contribution in [3.63, 3.8) is 0 Å². The molecular weight excluding hydrogens is 184 g/mol. The van der Waals surface area contributed by atoms with Crippen LogP contribution in [0, 0.1) is 11.8 Å². The fraction of sp³-hybridized carbons (Fsp3) is 0. The van der Waals surface area contributed by atoms with Gasteiger partial charge in [-0.05, 0) is 18.1 Å². The molecule has 0 unspecified atom stereocenters. The average Bonchev–Trinajstić information content (AvgIpc) is 2.81. The summed E-state index contributed by atoms with van der Waals surface area (Å²) in [5.74, 6) is 5.73. The molecule has 0 spiro atoms. The third-order valence-corrected chi connectivity index (χ3v) is 2.04. The molecule has 72 valence electrons. The zero-order chi connectivity index (χ0) is 10.5. The first-order valence-corrected chi connectivity index (χ1v) is 4.71. The van der Waals surface area contributed by atoms with Gasteiger partial charge in [0, 0.05) is 11.1 Å². The maximum atomic E-state index is 9.61. The molecule has 1 aliphatic carbocycles. The molecule has 1 nitrogen and oxygen atoms in total. The van der Waals surface area contributed by atoms with Crippen LogP contribution in [0.3, 0.4) is 0 Å². The minimum atomic E-state index is 0.115. The highest BCUT2D eigenvalue weighted by atomic mass is 16.3. The molecular formula is C14H10O. The van der Waals surface area contributed by atoms with Gasteiger partial charge in [0.1, 0.15) is 0 Å². The quantitative estimate of drug-likeness (QED) is 0.497. The van der Waals surface area contributed by atoms with Gasteiger partial charge in [0.25, 0.3) is 0 Å². The normalized spacial score (nSPS) is 12.4. The van der Waals surface area contributed by atoms with E-state index >= 15 is 0 Å². The Labute approximate surface area is 89.1 Å². The summed E-state index contributed by atoms with van der Waals surface area (Å²) in [5.41, 5.74) is 1.66. The summed E-state index contributed by atoms with van der Waals surface area (Å²) >= 11 is 0. The molecule has 0 saturated heterocycles. The first kappa shape index (κ1) is 9.36. The minimum Gasteiger partial charge on any atom is -0.500 e. The van der Waals surface area contributed by atoms with Crippen LogP contribution in [0.15, 0.2) is 66.0 Å². The van der Waals surface area contributed by atoms with Crippen molar-refractivity contribution in [3.05, 3.63) is 71.5 Å². The fourth-order valence-electron chi connectivity index (χ4n) is 1.26. The lowest BCUT2D eigenvalue weighted by molar-refractivity contribution is 0.435. The molecule has 2 rings (SSSR count). The summed E-state index contributed by atoms with van der Waals surface area (Å²) in [6, 6.07) is 9.59. The SMILES string of the molecule is OC(C#Cc1ccccc1)=C1C=CC=C1. The molecule has 0 aliphatic heterocycles. The number of aliphatic hydroxyl groups is 1. The summed E-state index contributed by atoms with van der Waals surface area (Å²) in [7, 11) is 0. The largest absolute Gasteiger partial charge is 0.500 e. The van der Waals surface area contributed by atoms with Crippen LogP contribution in [0.1, 0.15) is 5.56 Å². The van der Waals surface area contributed by atoms with Crippen molar-refractivity contribution in [2.75, 3.05) is 0 Å². The van der Waals surface area contributed by atoms with Gasteiger partial charge in [0.2, 0.25) is 0 Å². The predicted molar refractivity (Wildman–Crippen MR) is 61.3 cm³/mol. The molecule has 0 radical (unpaired) electrons. The molecule has 0 fully saturated rings. The van der Waals surface area contributed by atoms with E-state index < -0.39 is 0 Å². The first-order valence-electron chi connectivity index (χ1n) is 4.71. The zero-order valence-corrected chi connectivity index (χ0v) is 8.14. The van der Waals surface area contributed by atoms with Gasteiger partial charge in [-0.3, -0.25) is 0 Å². The lowest BCUT2D eigenvalue weighted by Gasteiger charge is -1.91. The van der Waals surface area contributed by atoms with Crippen molar-refractivity contribution in [1.29, 1.82) is 0 Å². The Morgan fingerprint density at radius 3 is 2.33 bits per heavy atom. The van der Waals surface area contributed by atoms with Crippen molar-refractivity contribution in [2.45, 2.75) is 0 Å². The Morgan fingerprint density at radius 1 is 1.00 bits per heavy atom. The topological polar surface area (TPSA) is 20.2 Å². The molecule has 1 heteroatoms. The van der Waals surface area contributed by atoms with Gasteiger partial charge >= 0.3 is 0 Å². The molecule has 15 heavy (non-hydrogen) atoms. The van der Waals surface area contributed by atoms with Crippen LogP contribution in [0.4, 0.5) is 0 Å². The molecule has 0 aromatic heterocycles. The predicted octanol–water partition coefficient (Wildman–Crippen LogP) is 2.98. The standard InChI is InChI=1S/C14H10O/c15-14(13-8-4-5-9-13)11-10-12-6-2-1-3-7-12/h1-9,15H. The lowest BCUT2D eigenvalue weighted by atomic mass is 10.2. The number of allylic oxidation sites excluding steroid dienone is 6. The van der Waals surface area contributed by atoms with Gasteiger partial charge in [-0.1, -0.05) is 48.4 Å². The minimum absolute atomic E-state index is 0.115.